The van der Waals surface area contributed by atoms with Crippen LogP contribution < -0.4 is 0 Å². The van der Waals surface area contributed by atoms with Crippen LogP contribution in [0.4, 0.5) is 13.2 Å². The number of hydrogen-bond acceptors (Lipinski definition) is 1. The van der Waals surface area contributed by atoms with Crippen molar-refractivity contribution in [3.8, 4) is 11.8 Å². The van der Waals surface area contributed by atoms with Gasteiger partial charge in [-0.05, 0) is 12.0 Å². The number of carbonyl (C=O) groups excluding carboxylic acids is 1. The number of benzene rings is 1. The maximum Gasteiger partial charge on any atom is 0.193 e. The van der Waals surface area contributed by atoms with Gasteiger partial charge in [0.15, 0.2) is 17.9 Å². The van der Waals surface area contributed by atoms with Gasteiger partial charge in [0.05, 0.1) is 5.56 Å². The Bertz CT molecular complexity index is 401. The van der Waals surface area contributed by atoms with E-state index in [4.69, 9.17) is 0 Å². The number of carbonyl (C=O) groups is 1. The van der Waals surface area contributed by atoms with Crippen molar-refractivity contribution < 1.29 is 18.0 Å². The summed E-state index contributed by atoms with van der Waals surface area (Å²) in [6.07, 6.45) is 0.237. The topological polar surface area (TPSA) is 17.1 Å². The van der Waals surface area contributed by atoms with E-state index in [2.05, 4.69) is 0 Å². The molecule has 0 saturated heterocycles. The van der Waals surface area contributed by atoms with Crippen LogP contribution in [0.25, 0.3) is 0 Å². The van der Waals surface area contributed by atoms with Crippen molar-refractivity contribution in [1.29, 1.82) is 0 Å². The average molecular weight is 184 g/mol. The Balaban J connectivity index is 3.23. The second-order valence-corrected chi connectivity index (χ2v) is 2.13. The largest absolute Gasteiger partial charge is 0.289 e. The second kappa shape index (κ2) is 3.76. The lowest BCUT2D eigenvalue weighted by Crippen LogP contribution is -1.90. The van der Waals surface area contributed by atoms with Crippen molar-refractivity contribution in [1.82, 2.24) is 0 Å². The molecule has 0 amide bonds. The Morgan fingerprint density at radius 1 is 1.08 bits per heavy atom. The van der Waals surface area contributed by atoms with Crippen molar-refractivity contribution in [2.45, 2.75) is 0 Å². The lowest BCUT2D eigenvalue weighted by molar-refractivity contribution is -0.103. The predicted octanol–water partition coefficient (Wildman–Crippen LogP) is 1.65. The van der Waals surface area contributed by atoms with Crippen molar-refractivity contribution in [2.75, 3.05) is 0 Å². The zero-order valence-electron chi connectivity index (χ0n) is 6.27. The van der Waals surface area contributed by atoms with Crippen LogP contribution in [-0.4, -0.2) is 6.29 Å². The fourth-order valence-corrected chi connectivity index (χ4v) is 0.726. The molecule has 0 aromatic heterocycles. The normalized spacial score (nSPS) is 8.85. The first-order chi connectivity index (χ1) is 6.15. The third-order valence-electron chi connectivity index (χ3n) is 1.28. The average Bonchev–Trinajstić information content (AvgIpc) is 2.09. The zero-order valence-corrected chi connectivity index (χ0v) is 6.27. The van der Waals surface area contributed by atoms with Crippen molar-refractivity contribution in [3.05, 3.63) is 35.1 Å². The number of rotatable bonds is 0. The highest BCUT2D eigenvalue weighted by atomic mass is 19.2. The van der Waals surface area contributed by atoms with Gasteiger partial charge in [-0.1, -0.05) is 5.92 Å². The van der Waals surface area contributed by atoms with Gasteiger partial charge in [-0.3, -0.25) is 4.79 Å². The van der Waals surface area contributed by atoms with Crippen LogP contribution in [0.5, 0.6) is 0 Å². The Morgan fingerprint density at radius 3 is 2.31 bits per heavy atom. The van der Waals surface area contributed by atoms with Crippen LogP contribution in [0.3, 0.4) is 0 Å². The van der Waals surface area contributed by atoms with E-state index in [1.807, 2.05) is 11.8 Å². The van der Waals surface area contributed by atoms with Gasteiger partial charge in [-0.25, -0.2) is 13.2 Å². The summed E-state index contributed by atoms with van der Waals surface area (Å²) in [5.41, 5.74) is -0.342. The third-order valence-corrected chi connectivity index (χ3v) is 1.28. The quantitative estimate of drug-likeness (QED) is 0.340. The van der Waals surface area contributed by atoms with E-state index in [1.54, 1.807) is 0 Å². The molecule has 0 bridgehead atoms. The van der Waals surface area contributed by atoms with E-state index in [1.165, 1.54) is 0 Å². The van der Waals surface area contributed by atoms with Crippen molar-refractivity contribution >= 4 is 6.29 Å². The molecule has 0 radical (unpaired) electrons. The maximum absolute atomic E-state index is 12.7. The third kappa shape index (κ3) is 2.09. The molecule has 0 aliphatic rings. The summed E-state index contributed by atoms with van der Waals surface area (Å²) < 4.78 is 37.6. The Kier molecular flexibility index (Phi) is 2.70. The van der Waals surface area contributed by atoms with Gasteiger partial charge in [0.2, 0.25) is 0 Å². The monoisotopic (exact) mass is 184 g/mol. The SMILES string of the molecule is O=CC#Cc1cc(F)c(F)cc1F. The number of hydrogen-bond donors (Lipinski definition) is 0. The smallest absolute Gasteiger partial charge is 0.193 e. The number of aldehydes is 1. The summed E-state index contributed by atoms with van der Waals surface area (Å²) in [4.78, 5) is 9.78. The molecule has 4 heteroatoms. The highest BCUT2D eigenvalue weighted by Gasteiger charge is 2.07. The second-order valence-electron chi connectivity index (χ2n) is 2.13. The van der Waals surface area contributed by atoms with Crippen LogP contribution in [0.15, 0.2) is 12.1 Å². The van der Waals surface area contributed by atoms with Crippen LogP contribution in [0.1, 0.15) is 5.56 Å². The molecule has 0 heterocycles. The van der Waals surface area contributed by atoms with Gasteiger partial charge in [0.1, 0.15) is 5.82 Å². The Labute approximate surface area is 72.2 Å². The first-order valence-corrected chi connectivity index (χ1v) is 3.25. The summed E-state index contributed by atoms with van der Waals surface area (Å²) in [5, 5.41) is 0. The lowest BCUT2D eigenvalue weighted by atomic mass is 10.2. The van der Waals surface area contributed by atoms with E-state index in [0.717, 1.165) is 0 Å². The fraction of sp³-hybridized carbons (Fsp3) is 0. The summed E-state index contributed by atoms with van der Waals surface area (Å²) in [7, 11) is 0. The Morgan fingerprint density at radius 2 is 1.69 bits per heavy atom. The summed E-state index contributed by atoms with van der Waals surface area (Å²) >= 11 is 0. The standard InChI is InChI=1S/C9H3F3O/c10-7-5-9(12)8(11)4-6(7)2-1-3-13/h3-5H. The van der Waals surface area contributed by atoms with E-state index in [9.17, 15) is 18.0 Å². The molecular weight excluding hydrogens is 181 g/mol. The van der Waals surface area contributed by atoms with Crippen LogP contribution >= 0.6 is 0 Å². The van der Waals surface area contributed by atoms with E-state index in [0.29, 0.717) is 12.1 Å². The molecule has 1 aromatic carbocycles. The van der Waals surface area contributed by atoms with Crippen LogP contribution in [0, 0.1) is 29.3 Å². The van der Waals surface area contributed by atoms with E-state index in [-0.39, 0.29) is 11.8 Å². The zero-order chi connectivity index (χ0) is 9.84. The Hall–Kier alpha value is -1.76. The van der Waals surface area contributed by atoms with Gasteiger partial charge in [0, 0.05) is 6.07 Å². The highest BCUT2D eigenvalue weighted by Crippen LogP contribution is 2.12. The van der Waals surface area contributed by atoms with Crippen molar-refractivity contribution in [3.63, 3.8) is 0 Å². The first kappa shape index (κ1) is 9.33. The van der Waals surface area contributed by atoms with Crippen LogP contribution in [0.2, 0.25) is 0 Å². The van der Waals surface area contributed by atoms with Crippen LogP contribution in [-0.2, 0) is 4.79 Å². The summed E-state index contributed by atoms with van der Waals surface area (Å²) in [6.45, 7) is 0. The molecular formula is C9H3F3O. The summed E-state index contributed by atoms with van der Waals surface area (Å²) in [5.74, 6) is 0.450. The highest BCUT2D eigenvalue weighted by molar-refractivity contribution is 5.73. The first-order valence-electron chi connectivity index (χ1n) is 3.25. The molecule has 0 fully saturated rings. The predicted molar refractivity (Wildman–Crippen MR) is 39.3 cm³/mol. The summed E-state index contributed by atoms with van der Waals surface area (Å²) in [6, 6.07) is 0.977. The molecule has 0 saturated carbocycles. The minimum atomic E-state index is -1.28. The molecule has 0 atom stereocenters. The molecule has 13 heavy (non-hydrogen) atoms. The molecule has 0 unspecified atom stereocenters. The van der Waals surface area contributed by atoms with Gasteiger partial charge in [0.25, 0.3) is 0 Å². The lowest BCUT2D eigenvalue weighted by Gasteiger charge is -1.95. The molecule has 0 aliphatic carbocycles. The van der Waals surface area contributed by atoms with E-state index < -0.39 is 17.5 Å². The van der Waals surface area contributed by atoms with Gasteiger partial charge >= 0.3 is 0 Å². The van der Waals surface area contributed by atoms with E-state index >= 15 is 0 Å². The molecule has 0 aliphatic heterocycles. The van der Waals surface area contributed by atoms with Gasteiger partial charge in [-0.2, -0.15) is 0 Å². The molecule has 1 nitrogen and oxygen atoms in total. The van der Waals surface area contributed by atoms with Crippen molar-refractivity contribution in [2.24, 2.45) is 0 Å². The fourth-order valence-electron chi connectivity index (χ4n) is 0.726. The molecule has 0 N–H and O–H groups in total. The maximum atomic E-state index is 12.7. The minimum Gasteiger partial charge on any atom is -0.289 e. The molecule has 1 aromatic rings. The van der Waals surface area contributed by atoms with Gasteiger partial charge in [-0.15, -0.1) is 0 Å². The van der Waals surface area contributed by atoms with Gasteiger partial charge < -0.3 is 0 Å². The molecule has 0 spiro atoms. The molecule has 1 rings (SSSR count). The molecule has 66 valence electrons. The minimum absolute atomic E-state index is 0.237. The number of halogens is 3.